The van der Waals surface area contributed by atoms with Gasteiger partial charge in [0.25, 0.3) is 0 Å². The van der Waals surface area contributed by atoms with Crippen molar-refractivity contribution in [2.45, 2.75) is 38.2 Å². The number of anilines is 1. The van der Waals surface area contributed by atoms with Crippen molar-refractivity contribution in [3.63, 3.8) is 0 Å². The summed E-state index contributed by atoms with van der Waals surface area (Å²) in [5.41, 5.74) is 0.637. The van der Waals surface area contributed by atoms with E-state index in [-0.39, 0.29) is 6.10 Å². The number of nitrogens with one attached hydrogen (secondary N) is 1. The van der Waals surface area contributed by atoms with Crippen LogP contribution in [0.5, 0.6) is 0 Å². The Kier molecular flexibility index (Phi) is 5.64. The van der Waals surface area contributed by atoms with E-state index in [2.05, 4.69) is 5.32 Å². The lowest BCUT2D eigenvalue weighted by Gasteiger charge is -2.18. The Labute approximate surface area is 129 Å². The molecule has 0 radical (unpaired) electrons. The third kappa shape index (κ3) is 4.42. The van der Waals surface area contributed by atoms with Crippen LogP contribution in [0.25, 0.3) is 0 Å². The fourth-order valence-corrected chi connectivity index (χ4v) is 3.60. The summed E-state index contributed by atoms with van der Waals surface area (Å²) < 4.78 is 0. The first-order valence-corrected chi connectivity index (χ1v) is 7.76. The quantitative estimate of drug-likeness (QED) is 0.799. The second-order valence-corrected chi connectivity index (χ2v) is 6.42. The smallest absolute Gasteiger partial charge is 0.0720 e. The van der Waals surface area contributed by atoms with E-state index in [9.17, 15) is 5.11 Å². The lowest BCUT2D eigenvalue weighted by Crippen LogP contribution is -2.22. The summed E-state index contributed by atoms with van der Waals surface area (Å²) in [4.78, 5) is 0. The molecule has 1 atom stereocenters. The average molecular weight is 323 g/mol. The third-order valence-electron chi connectivity index (χ3n) is 3.60. The second kappa shape index (κ2) is 7.03. The molecule has 1 aliphatic rings. The van der Waals surface area contributed by atoms with E-state index in [1.807, 2.05) is 0 Å². The number of aliphatic hydroxyl groups excluding tert-OH is 1. The van der Waals surface area contributed by atoms with Crippen LogP contribution in [0.1, 0.15) is 32.1 Å². The van der Waals surface area contributed by atoms with Crippen molar-refractivity contribution in [1.29, 1.82) is 0 Å². The molecule has 1 aromatic rings. The normalized spacial score (nSPS) is 17.7. The maximum absolute atomic E-state index is 10.0. The minimum Gasteiger partial charge on any atom is -0.391 e. The van der Waals surface area contributed by atoms with Crippen molar-refractivity contribution in [2.75, 3.05) is 11.9 Å². The fraction of sp³-hybridized carbons (Fsp3) is 0.571. The first-order valence-electron chi connectivity index (χ1n) is 6.62. The molecule has 106 valence electrons. The van der Waals surface area contributed by atoms with E-state index in [4.69, 9.17) is 34.8 Å². The Morgan fingerprint density at radius 2 is 1.74 bits per heavy atom. The molecule has 0 heterocycles. The van der Waals surface area contributed by atoms with Gasteiger partial charge in [-0.1, -0.05) is 60.5 Å². The summed E-state index contributed by atoms with van der Waals surface area (Å²) >= 11 is 18.0. The van der Waals surface area contributed by atoms with Crippen molar-refractivity contribution in [3.05, 3.63) is 27.2 Å². The highest BCUT2D eigenvalue weighted by Crippen LogP contribution is 2.34. The van der Waals surface area contributed by atoms with Crippen molar-refractivity contribution in [1.82, 2.24) is 0 Å². The lowest BCUT2D eigenvalue weighted by atomic mass is 10.00. The van der Waals surface area contributed by atoms with Crippen LogP contribution in [-0.2, 0) is 0 Å². The molecule has 1 saturated carbocycles. The molecule has 0 saturated heterocycles. The maximum atomic E-state index is 10.0. The SMILES string of the molecule is OC(CNc1c(Cl)cc(Cl)cc1Cl)CC1CCCC1. The van der Waals surface area contributed by atoms with Crippen LogP contribution in [0.4, 0.5) is 5.69 Å². The van der Waals surface area contributed by atoms with Crippen LogP contribution in [0.2, 0.25) is 15.1 Å². The maximum Gasteiger partial charge on any atom is 0.0720 e. The molecule has 5 heteroatoms. The van der Waals surface area contributed by atoms with E-state index in [1.54, 1.807) is 12.1 Å². The van der Waals surface area contributed by atoms with Crippen LogP contribution in [0, 0.1) is 5.92 Å². The zero-order valence-corrected chi connectivity index (χ0v) is 12.9. The molecule has 0 aromatic heterocycles. The summed E-state index contributed by atoms with van der Waals surface area (Å²) in [6.45, 7) is 0.456. The minimum atomic E-state index is -0.370. The van der Waals surface area contributed by atoms with Gasteiger partial charge < -0.3 is 10.4 Å². The van der Waals surface area contributed by atoms with Crippen molar-refractivity contribution in [3.8, 4) is 0 Å². The topological polar surface area (TPSA) is 32.3 Å². The Balaban J connectivity index is 1.87. The zero-order valence-electron chi connectivity index (χ0n) is 10.6. The number of hydrogen-bond acceptors (Lipinski definition) is 2. The van der Waals surface area contributed by atoms with Gasteiger partial charge in [-0.3, -0.25) is 0 Å². The molecule has 2 N–H and O–H groups in total. The van der Waals surface area contributed by atoms with Gasteiger partial charge in [0.15, 0.2) is 0 Å². The predicted octanol–water partition coefficient (Wildman–Crippen LogP) is 5.00. The van der Waals surface area contributed by atoms with Crippen LogP contribution in [-0.4, -0.2) is 17.8 Å². The van der Waals surface area contributed by atoms with Gasteiger partial charge in [-0.05, 0) is 24.5 Å². The number of rotatable bonds is 5. The molecule has 1 aliphatic carbocycles. The van der Waals surface area contributed by atoms with Gasteiger partial charge in [0.05, 0.1) is 21.8 Å². The lowest BCUT2D eigenvalue weighted by molar-refractivity contribution is 0.155. The highest BCUT2D eigenvalue weighted by molar-refractivity contribution is 6.41. The molecule has 0 amide bonds. The zero-order chi connectivity index (χ0) is 13.8. The monoisotopic (exact) mass is 321 g/mol. The summed E-state index contributed by atoms with van der Waals surface area (Å²) in [7, 11) is 0. The van der Waals surface area contributed by atoms with E-state index in [0.717, 1.165) is 6.42 Å². The molecular weight excluding hydrogens is 305 g/mol. The van der Waals surface area contributed by atoms with Gasteiger partial charge in [-0.15, -0.1) is 0 Å². The Morgan fingerprint density at radius 3 is 2.32 bits per heavy atom. The molecule has 0 spiro atoms. The van der Waals surface area contributed by atoms with Crippen LogP contribution in [0.15, 0.2) is 12.1 Å². The largest absolute Gasteiger partial charge is 0.391 e. The van der Waals surface area contributed by atoms with Crippen LogP contribution >= 0.6 is 34.8 Å². The highest BCUT2D eigenvalue weighted by atomic mass is 35.5. The summed E-state index contributed by atoms with van der Waals surface area (Å²) in [6.07, 6.45) is 5.53. The molecule has 2 rings (SSSR count). The van der Waals surface area contributed by atoms with Crippen LogP contribution in [0.3, 0.4) is 0 Å². The van der Waals surface area contributed by atoms with Gasteiger partial charge in [-0.25, -0.2) is 0 Å². The summed E-state index contributed by atoms with van der Waals surface area (Å²) in [5.74, 6) is 0.660. The van der Waals surface area contributed by atoms with Crippen LogP contribution < -0.4 is 5.32 Å². The van der Waals surface area contributed by atoms with Gasteiger partial charge in [0, 0.05) is 11.6 Å². The van der Waals surface area contributed by atoms with E-state index in [1.165, 1.54) is 25.7 Å². The number of benzene rings is 1. The molecule has 0 aliphatic heterocycles. The van der Waals surface area contributed by atoms with Gasteiger partial charge in [0.1, 0.15) is 0 Å². The molecular formula is C14H18Cl3NO. The van der Waals surface area contributed by atoms with Gasteiger partial charge in [-0.2, -0.15) is 0 Å². The molecule has 0 bridgehead atoms. The Bertz CT molecular complexity index is 410. The summed E-state index contributed by atoms with van der Waals surface area (Å²) in [5, 5.41) is 14.6. The second-order valence-electron chi connectivity index (χ2n) is 5.17. The first kappa shape index (κ1) is 15.2. The van der Waals surface area contributed by atoms with Gasteiger partial charge >= 0.3 is 0 Å². The molecule has 19 heavy (non-hydrogen) atoms. The van der Waals surface area contributed by atoms with Crippen molar-refractivity contribution >= 4 is 40.5 Å². The van der Waals surface area contributed by atoms with Crippen molar-refractivity contribution < 1.29 is 5.11 Å². The van der Waals surface area contributed by atoms with E-state index >= 15 is 0 Å². The fourth-order valence-electron chi connectivity index (χ4n) is 2.65. The summed E-state index contributed by atoms with van der Waals surface area (Å²) in [6, 6.07) is 3.28. The molecule has 1 aromatic carbocycles. The first-order chi connectivity index (χ1) is 9.06. The number of halogens is 3. The highest BCUT2D eigenvalue weighted by Gasteiger charge is 2.19. The van der Waals surface area contributed by atoms with E-state index in [0.29, 0.717) is 33.2 Å². The third-order valence-corrected chi connectivity index (χ3v) is 4.42. The Hall–Kier alpha value is -0.150. The van der Waals surface area contributed by atoms with Crippen molar-refractivity contribution in [2.24, 2.45) is 5.92 Å². The van der Waals surface area contributed by atoms with Gasteiger partial charge in [0.2, 0.25) is 0 Å². The molecule has 2 nitrogen and oxygen atoms in total. The average Bonchev–Trinajstić information content (AvgIpc) is 2.80. The number of aliphatic hydroxyl groups is 1. The van der Waals surface area contributed by atoms with E-state index < -0.39 is 0 Å². The number of hydrogen-bond donors (Lipinski definition) is 2. The molecule has 1 unspecified atom stereocenters. The predicted molar refractivity (Wildman–Crippen MR) is 82.5 cm³/mol. The minimum absolute atomic E-state index is 0.370. The molecule has 1 fully saturated rings. The Morgan fingerprint density at radius 1 is 1.16 bits per heavy atom. The standard InChI is InChI=1S/C14H18Cl3NO/c15-10-6-12(16)14(13(17)7-10)18-8-11(19)5-9-3-1-2-4-9/h6-7,9,11,18-19H,1-5,8H2.